The molecular formula is C24H19N5O5S2. The van der Waals surface area contributed by atoms with E-state index in [1.807, 2.05) is 59.3 Å². The summed E-state index contributed by atoms with van der Waals surface area (Å²) in [5.41, 5.74) is 2.46. The highest BCUT2D eigenvalue weighted by molar-refractivity contribution is 7.93. The summed E-state index contributed by atoms with van der Waals surface area (Å²) >= 11 is 0.741. The van der Waals surface area contributed by atoms with Crippen molar-refractivity contribution in [2.45, 2.75) is 17.8 Å². The van der Waals surface area contributed by atoms with E-state index in [2.05, 4.69) is 15.5 Å². The van der Waals surface area contributed by atoms with Crippen molar-refractivity contribution in [2.75, 3.05) is 17.9 Å². The minimum Gasteiger partial charge on any atom is -0.454 e. The Morgan fingerprint density at radius 3 is 2.83 bits per heavy atom. The number of hydrogen-bond acceptors (Lipinski definition) is 9. The lowest BCUT2D eigenvalue weighted by molar-refractivity contribution is -0.112. The first-order valence-corrected chi connectivity index (χ1v) is 13.3. The monoisotopic (exact) mass is 521 g/mol. The molecule has 5 rings (SSSR count). The third kappa shape index (κ3) is 4.53. The summed E-state index contributed by atoms with van der Waals surface area (Å²) < 4.78 is 36.6. The molecule has 2 aromatic heterocycles. The minimum absolute atomic E-state index is 0.00147. The van der Waals surface area contributed by atoms with Crippen molar-refractivity contribution in [1.82, 2.24) is 14.8 Å². The van der Waals surface area contributed by atoms with Gasteiger partial charge in [0.15, 0.2) is 11.5 Å². The summed E-state index contributed by atoms with van der Waals surface area (Å²) in [6.07, 6.45) is 3.37. The molecule has 3 heterocycles. The predicted octanol–water partition coefficient (Wildman–Crippen LogP) is 3.61. The number of nitriles is 1. The lowest BCUT2D eigenvalue weighted by atomic mass is 10.1. The third-order valence-electron chi connectivity index (χ3n) is 5.55. The van der Waals surface area contributed by atoms with Gasteiger partial charge in [-0.3, -0.25) is 10.1 Å². The average Bonchev–Trinajstić information content (AvgIpc) is 3.62. The van der Waals surface area contributed by atoms with Gasteiger partial charge in [0.25, 0.3) is 5.91 Å². The normalized spacial score (nSPS) is 13.1. The number of benzene rings is 2. The first kappa shape index (κ1) is 23.5. The largest absolute Gasteiger partial charge is 0.454 e. The highest BCUT2D eigenvalue weighted by atomic mass is 32.2. The number of aromatic nitrogens is 3. The minimum atomic E-state index is -3.54. The number of para-hydroxylation sites is 1. The molecule has 36 heavy (non-hydrogen) atoms. The fourth-order valence-corrected chi connectivity index (χ4v) is 5.72. The van der Waals surface area contributed by atoms with Gasteiger partial charge in [0.05, 0.1) is 5.75 Å². The maximum Gasteiger partial charge on any atom is 0.268 e. The Morgan fingerprint density at radius 2 is 2.03 bits per heavy atom. The molecule has 182 valence electrons. The Morgan fingerprint density at radius 1 is 1.22 bits per heavy atom. The molecule has 1 N–H and O–H groups in total. The van der Waals surface area contributed by atoms with E-state index in [0.29, 0.717) is 23.6 Å². The van der Waals surface area contributed by atoms with Crippen LogP contribution in [0.3, 0.4) is 0 Å². The van der Waals surface area contributed by atoms with Gasteiger partial charge in [0, 0.05) is 29.2 Å². The molecule has 0 fully saturated rings. The number of ether oxygens (including phenoxy) is 2. The smallest absolute Gasteiger partial charge is 0.268 e. The van der Waals surface area contributed by atoms with Crippen LogP contribution in [0.4, 0.5) is 5.13 Å². The molecule has 0 saturated carbocycles. The molecule has 1 aliphatic heterocycles. The lowest BCUT2D eigenvalue weighted by Gasteiger charge is -2.06. The SMILES string of the molecule is CCS(=O)(=O)c1nnc(NC(=O)C(C#N)=Cc2cn(Cc3ccc4c(c3)OCO4)c3ccccc23)s1. The van der Waals surface area contributed by atoms with Gasteiger partial charge < -0.3 is 14.0 Å². The number of amides is 1. The van der Waals surface area contributed by atoms with Crippen molar-refractivity contribution in [2.24, 2.45) is 0 Å². The number of fused-ring (bicyclic) bond motifs is 2. The molecule has 0 radical (unpaired) electrons. The number of nitrogens with zero attached hydrogens (tertiary/aromatic N) is 4. The molecule has 4 aromatic rings. The van der Waals surface area contributed by atoms with Gasteiger partial charge in [-0.05, 0) is 29.8 Å². The van der Waals surface area contributed by atoms with E-state index in [4.69, 9.17) is 9.47 Å². The zero-order valence-electron chi connectivity index (χ0n) is 19.0. The topological polar surface area (TPSA) is 136 Å². The quantitative estimate of drug-likeness (QED) is 0.221. The van der Waals surface area contributed by atoms with Gasteiger partial charge in [0.2, 0.25) is 26.1 Å². The maximum atomic E-state index is 12.8. The van der Waals surface area contributed by atoms with E-state index < -0.39 is 15.7 Å². The summed E-state index contributed by atoms with van der Waals surface area (Å²) in [6, 6.07) is 15.3. The van der Waals surface area contributed by atoms with E-state index in [-0.39, 0.29) is 27.6 Å². The Balaban J connectivity index is 1.43. The van der Waals surface area contributed by atoms with Crippen molar-refractivity contribution in [3.8, 4) is 17.6 Å². The highest BCUT2D eigenvalue weighted by Crippen LogP contribution is 2.33. The predicted molar refractivity (Wildman–Crippen MR) is 133 cm³/mol. The molecule has 0 bridgehead atoms. The summed E-state index contributed by atoms with van der Waals surface area (Å²) in [5, 5.41) is 20.4. The zero-order valence-corrected chi connectivity index (χ0v) is 20.6. The molecule has 1 amide bonds. The van der Waals surface area contributed by atoms with Crippen LogP contribution in [0.1, 0.15) is 18.1 Å². The Hall–Kier alpha value is -4.21. The molecule has 10 nitrogen and oxygen atoms in total. The lowest BCUT2D eigenvalue weighted by Crippen LogP contribution is -2.13. The van der Waals surface area contributed by atoms with Crippen LogP contribution in [0, 0.1) is 11.3 Å². The molecule has 1 aliphatic rings. The van der Waals surface area contributed by atoms with E-state index in [9.17, 15) is 18.5 Å². The average molecular weight is 522 g/mol. The van der Waals surface area contributed by atoms with Gasteiger partial charge in [-0.25, -0.2) is 8.42 Å². The number of hydrogen-bond donors (Lipinski definition) is 1. The Labute approximate surface area is 210 Å². The van der Waals surface area contributed by atoms with Crippen LogP contribution >= 0.6 is 11.3 Å². The van der Waals surface area contributed by atoms with Crippen molar-refractivity contribution in [3.63, 3.8) is 0 Å². The summed E-state index contributed by atoms with van der Waals surface area (Å²) in [7, 11) is -3.54. The number of nitrogens with one attached hydrogen (secondary N) is 1. The van der Waals surface area contributed by atoms with Crippen molar-refractivity contribution in [1.29, 1.82) is 5.26 Å². The van der Waals surface area contributed by atoms with Crippen LogP contribution in [0.5, 0.6) is 11.5 Å². The second kappa shape index (κ2) is 9.44. The number of carbonyl (C=O) groups is 1. The van der Waals surface area contributed by atoms with Crippen LogP contribution < -0.4 is 14.8 Å². The maximum absolute atomic E-state index is 12.8. The van der Waals surface area contributed by atoms with Gasteiger partial charge in [0.1, 0.15) is 11.6 Å². The second-order valence-electron chi connectivity index (χ2n) is 7.82. The van der Waals surface area contributed by atoms with Crippen LogP contribution in [-0.4, -0.2) is 41.6 Å². The second-order valence-corrected chi connectivity index (χ2v) is 11.2. The summed E-state index contributed by atoms with van der Waals surface area (Å²) in [5.74, 6) is 0.565. The van der Waals surface area contributed by atoms with Crippen LogP contribution in [-0.2, 0) is 21.2 Å². The molecule has 0 atom stereocenters. The van der Waals surface area contributed by atoms with E-state index >= 15 is 0 Å². The summed E-state index contributed by atoms with van der Waals surface area (Å²) in [4.78, 5) is 12.8. The zero-order chi connectivity index (χ0) is 25.3. The van der Waals surface area contributed by atoms with E-state index in [1.54, 1.807) is 0 Å². The number of sulfone groups is 1. The van der Waals surface area contributed by atoms with Crippen LogP contribution in [0.25, 0.3) is 17.0 Å². The molecule has 0 saturated heterocycles. The Kier molecular flexibility index (Phi) is 6.17. The van der Waals surface area contributed by atoms with Crippen LogP contribution in [0.2, 0.25) is 0 Å². The van der Waals surface area contributed by atoms with E-state index in [1.165, 1.54) is 13.0 Å². The first-order valence-electron chi connectivity index (χ1n) is 10.8. The number of carbonyl (C=O) groups excluding carboxylic acids is 1. The number of rotatable bonds is 7. The van der Waals surface area contributed by atoms with Gasteiger partial charge in [-0.15, -0.1) is 10.2 Å². The molecule has 0 spiro atoms. The van der Waals surface area contributed by atoms with Gasteiger partial charge in [-0.2, -0.15) is 5.26 Å². The van der Waals surface area contributed by atoms with Crippen molar-refractivity contribution in [3.05, 3.63) is 65.4 Å². The van der Waals surface area contributed by atoms with Crippen molar-refractivity contribution >= 4 is 49.2 Å². The molecule has 12 heteroatoms. The van der Waals surface area contributed by atoms with E-state index in [0.717, 1.165) is 27.8 Å². The molecular weight excluding hydrogens is 502 g/mol. The number of anilines is 1. The molecule has 2 aromatic carbocycles. The fraction of sp³-hybridized carbons (Fsp3) is 0.167. The third-order valence-corrected chi connectivity index (χ3v) is 8.57. The standard InChI is InChI=1S/C24H19N5O5S2/c1-2-36(31,32)24-28-27-23(35-24)26-22(30)16(11-25)10-17-13-29(19-6-4-3-5-18(17)19)12-15-7-8-20-21(9-15)34-14-33-20/h3-10,13H,2,12,14H2,1H3,(H,26,27,30). The van der Waals surface area contributed by atoms with Crippen LogP contribution in [0.15, 0.2) is 58.6 Å². The Bertz CT molecular complexity index is 1660. The van der Waals surface area contributed by atoms with Crippen molar-refractivity contribution < 1.29 is 22.7 Å². The first-order chi connectivity index (χ1) is 17.4. The molecule has 0 unspecified atom stereocenters. The summed E-state index contributed by atoms with van der Waals surface area (Å²) in [6.45, 7) is 2.24. The van der Waals surface area contributed by atoms with Gasteiger partial charge in [-0.1, -0.05) is 42.5 Å². The highest BCUT2D eigenvalue weighted by Gasteiger charge is 2.20. The molecule has 0 aliphatic carbocycles. The van der Waals surface area contributed by atoms with Gasteiger partial charge >= 0.3 is 0 Å². The fourth-order valence-electron chi connectivity index (χ4n) is 3.74.